The second-order valence-corrected chi connectivity index (χ2v) is 5.75. The third kappa shape index (κ3) is 3.59. The van der Waals surface area contributed by atoms with Crippen LogP contribution in [0.25, 0.3) is 11.0 Å². The average molecular weight is 302 g/mol. The van der Waals surface area contributed by atoms with E-state index in [1.165, 1.54) is 31.4 Å². The first-order valence-corrected chi connectivity index (χ1v) is 8.37. The van der Waals surface area contributed by atoms with Crippen LogP contribution in [0, 0.1) is 0 Å². The Hall–Kier alpha value is -1.59. The normalized spacial score (nSPS) is 15.7. The fraction of sp³-hybridized carbons (Fsp3) is 0.588. The quantitative estimate of drug-likeness (QED) is 0.761. The Morgan fingerprint density at radius 1 is 1.18 bits per heavy atom. The predicted molar refractivity (Wildman–Crippen MR) is 90.4 cm³/mol. The Morgan fingerprint density at radius 3 is 2.82 bits per heavy atom. The Kier molecular flexibility index (Phi) is 5.29. The maximum Gasteiger partial charge on any atom is 0.204 e. The third-order valence-electron chi connectivity index (χ3n) is 4.23. The number of rotatable bonds is 8. The molecule has 0 saturated carbocycles. The van der Waals surface area contributed by atoms with Crippen LogP contribution in [0.2, 0.25) is 0 Å². The van der Waals surface area contributed by atoms with Crippen LogP contribution in [0.5, 0.6) is 0 Å². The number of likely N-dealkylation sites (tertiary alicyclic amines) is 1. The first kappa shape index (κ1) is 15.3. The molecule has 2 aromatic rings. The summed E-state index contributed by atoms with van der Waals surface area (Å²) in [5.41, 5.74) is 2.22. The van der Waals surface area contributed by atoms with Gasteiger partial charge in [0, 0.05) is 26.2 Å². The molecule has 1 aliphatic heterocycles. The molecule has 5 heteroatoms. The van der Waals surface area contributed by atoms with Gasteiger partial charge in [-0.25, -0.2) is 4.98 Å². The average Bonchev–Trinajstić information content (AvgIpc) is 3.16. The summed E-state index contributed by atoms with van der Waals surface area (Å²) in [5, 5.41) is 3.51. The van der Waals surface area contributed by atoms with Crippen molar-refractivity contribution in [2.75, 3.05) is 44.7 Å². The van der Waals surface area contributed by atoms with Gasteiger partial charge >= 0.3 is 0 Å². The minimum absolute atomic E-state index is 0.720. The molecule has 0 aliphatic carbocycles. The van der Waals surface area contributed by atoms with Crippen LogP contribution in [0.15, 0.2) is 24.3 Å². The number of ether oxygens (including phenoxy) is 1. The Balaban J connectivity index is 1.67. The molecule has 22 heavy (non-hydrogen) atoms. The summed E-state index contributed by atoms with van der Waals surface area (Å²) in [5.74, 6) is 0.958. The molecule has 1 saturated heterocycles. The second kappa shape index (κ2) is 7.61. The lowest BCUT2D eigenvalue weighted by Crippen LogP contribution is -2.26. The second-order valence-electron chi connectivity index (χ2n) is 5.75. The molecule has 1 fully saturated rings. The van der Waals surface area contributed by atoms with Gasteiger partial charge in [0.25, 0.3) is 0 Å². The largest absolute Gasteiger partial charge is 0.380 e. The fourth-order valence-electron chi connectivity index (χ4n) is 3.07. The monoisotopic (exact) mass is 302 g/mol. The van der Waals surface area contributed by atoms with Crippen molar-refractivity contribution in [3.05, 3.63) is 24.3 Å². The summed E-state index contributed by atoms with van der Waals surface area (Å²) in [6.07, 6.45) is 2.68. The van der Waals surface area contributed by atoms with Crippen molar-refractivity contribution < 1.29 is 4.74 Å². The van der Waals surface area contributed by atoms with E-state index < -0.39 is 0 Å². The van der Waals surface area contributed by atoms with Crippen molar-refractivity contribution in [1.82, 2.24) is 14.5 Å². The van der Waals surface area contributed by atoms with Crippen LogP contribution >= 0.6 is 0 Å². The molecule has 5 nitrogen and oxygen atoms in total. The number of nitrogens with zero attached hydrogens (tertiary/aromatic N) is 3. The molecule has 0 spiro atoms. The molecule has 0 bridgehead atoms. The zero-order valence-corrected chi connectivity index (χ0v) is 13.4. The van der Waals surface area contributed by atoms with Gasteiger partial charge in [0.15, 0.2) is 0 Å². The lowest BCUT2D eigenvalue weighted by atomic mass is 10.3. The Morgan fingerprint density at radius 2 is 2.00 bits per heavy atom. The van der Waals surface area contributed by atoms with E-state index in [4.69, 9.17) is 9.72 Å². The predicted octanol–water partition coefficient (Wildman–Crippen LogP) is 2.58. The third-order valence-corrected chi connectivity index (χ3v) is 4.23. The molecule has 1 N–H and O–H groups in total. The first-order chi connectivity index (χ1) is 10.9. The summed E-state index contributed by atoms with van der Waals surface area (Å²) in [4.78, 5) is 7.25. The van der Waals surface area contributed by atoms with Crippen molar-refractivity contribution >= 4 is 17.0 Å². The first-order valence-electron chi connectivity index (χ1n) is 8.37. The molecule has 0 radical (unpaired) electrons. The minimum atomic E-state index is 0.720. The molecule has 2 heterocycles. The molecule has 3 rings (SSSR count). The maximum atomic E-state index is 5.51. The van der Waals surface area contributed by atoms with Gasteiger partial charge in [0.1, 0.15) is 0 Å². The number of anilines is 1. The van der Waals surface area contributed by atoms with E-state index >= 15 is 0 Å². The van der Waals surface area contributed by atoms with Gasteiger partial charge in [-0.3, -0.25) is 0 Å². The number of para-hydroxylation sites is 2. The maximum absolute atomic E-state index is 5.51. The highest BCUT2D eigenvalue weighted by molar-refractivity contribution is 5.78. The fourth-order valence-corrected chi connectivity index (χ4v) is 3.07. The van der Waals surface area contributed by atoms with Crippen molar-refractivity contribution in [1.29, 1.82) is 0 Å². The topological polar surface area (TPSA) is 42.3 Å². The van der Waals surface area contributed by atoms with Gasteiger partial charge in [0.2, 0.25) is 5.95 Å². The molecular weight excluding hydrogens is 276 g/mol. The van der Waals surface area contributed by atoms with Crippen molar-refractivity contribution in [2.24, 2.45) is 0 Å². The molecule has 0 amide bonds. The standard InChI is InChI=1S/C17H26N4O/c1-2-22-14-13-21-16-8-4-3-7-15(16)19-17(21)18-9-12-20-10-5-6-11-20/h3-4,7-8H,2,5-6,9-14H2,1H3,(H,18,19). The molecule has 1 aromatic heterocycles. The number of nitrogens with one attached hydrogen (secondary N) is 1. The molecule has 120 valence electrons. The van der Waals surface area contributed by atoms with Crippen LogP contribution in [-0.2, 0) is 11.3 Å². The van der Waals surface area contributed by atoms with Crippen molar-refractivity contribution in [2.45, 2.75) is 26.3 Å². The number of hydrogen-bond acceptors (Lipinski definition) is 4. The van der Waals surface area contributed by atoms with Crippen LogP contribution in [0.3, 0.4) is 0 Å². The highest BCUT2D eigenvalue weighted by Gasteiger charge is 2.13. The Labute approximate surface area is 132 Å². The number of hydrogen-bond donors (Lipinski definition) is 1. The van der Waals surface area contributed by atoms with E-state index in [1.54, 1.807) is 0 Å². The summed E-state index contributed by atoms with van der Waals surface area (Å²) in [6, 6.07) is 8.30. The van der Waals surface area contributed by atoms with E-state index in [9.17, 15) is 0 Å². The molecule has 0 atom stereocenters. The summed E-state index contributed by atoms with van der Waals surface area (Å²) >= 11 is 0. The number of benzene rings is 1. The van der Waals surface area contributed by atoms with E-state index in [1.807, 2.05) is 13.0 Å². The molecule has 1 aromatic carbocycles. The highest BCUT2D eigenvalue weighted by Crippen LogP contribution is 2.19. The smallest absolute Gasteiger partial charge is 0.204 e. The van der Waals surface area contributed by atoms with Gasteiger partial charge in [-0.15, -0.1) is 0 Å². The van der Waals surface area contributed by atoms with Crippen LogP contribution in [0.4, 0.5) is 5.95 Å². The van der Waals surface area contributed by atoms with E-state index in [-0.39, 0.29) is 0 Å². The van der Waals surface area contributed by atoms with Gasteiger partial charge in [-0.05, 0) is 45.0 Å². The Bertz CT molecular complexity index is 589. The SMILES string of the molecule is CCOCCn1c(NCCN2CCCC2)nc2ccccc21. The highest BCUT2D eigenvalue weighted by atomic mass is 16.5. The zero-order valence-electron chi connectivity index (χ0n) is 13.4. The summed E-state index contributed by atoms with van der Waals surface area (Å²) in [6.45, 7) is 8.85. The molecule has 1 aliphatic rings. The zero-order chi connectivity index (χ0) is 15.2. The van der Waals surface area contributed by atoms with Crippen molar-refractivity contribution in [3.63, 3.8) is 0 Å². The van der Waals surface area contributed by atoms with E-state index in [0.29, 0.717) is 0 Å². The van der Waals surface area contributed by atoms with Crippen molar-refractivity contribution in [3.8, 4) is 0 Å². The van der Waals surface area contributed by atoms with Crippen LogP contribution in [0.1, 0.15) is 19.8 Å². The number of aromatic nitrogens is 2. The van der Waals surface area contributed by atoms with Gasteiger partial charge in [0.05, 0.1) is 17.6 Å². The van der Waals surface area contributed by atoms with E-state index in [2.05, 4.69) is 33.0 Å². The van der Waals surface area contributed by atoms with Crippen LogP contribution < -0.4 is 5.32 Å². The molecular formula is C17H26N4O. The number of imidazole rings is 1. The van der Waals surface area contributed by atoms with Crippen LogP contribution in [-0.4, -0.2) is 53.8 Å². The summed E-state index contributed by atoms with van der Waals surface area (Å²) in [7, 11) is 0. The minimum Gasteiger partial charge on any atom is -0.380 e. The lowest BCUT2D eigenvalue weighted by Gasteiger charge is -2.16. The lowest BCUT2D eigenvalue weighted by molar-refractivity contribution is 0.140. The van der Waals surface area contributed by atoms with Gasteiger partial charge < -0.3 is 19.5 Å². The van der Waals surface area contributed by atoms with E-state index in [0.717, 1.165) is 44.3 Å². The van der Waals surface area contributed by atoms with Gasteiger partial charge in [-0.2, -0.15) is 0 Å². The number of fused-ring (bicyclic) bond motifs is 1. The van der Waals surface area contributed by atoms with Gasteiger partial charge in [-0.1, -0.05) is 12.1 Å². The summed E-state index contributed by atoms with van der Waals surface area (Å²) < 4.78 is 7.74. The molecule has 0 unspecified atom stereocenters.